The van der Waals surface area contributed by atoms with Gasteiger partial charge in [0.15, 0.2) is 0 Å². The van der Waals surface area contributed by atoms with Crippen LogP contribution in [0, 0.1) is 17.8 Å². The average Bonchev–Trinajstić information content (AvgIpc) is 3.15. The topological polar surface area (TPSA) is 90.0 Å². The van der Waals surface area contributed by atoms with Gasteiger partial charge >= 0.3 is 12.0 Å². The van der Waals surface area contributed by atoms with Crippen molar-refractivity contribution in [2.24, 2.45) is 17.8 Å². The molecule has 7 heteroatoms. The van der Waals surface area contributed by atoms with Crippen LogP contribution in [0.4, 0.5) is 4.79 Å². The first-order valence-corrected chi connectivity index (χ1v) is 11.7. The smallest absolute Gasteiger partial charge is 0.339 e. The summed E-state index contributed by atoms with van der Waals surface area (Å²) in [5.41, 5.74) is 4.69. The number of aliphatic carboxylic acids is 1. The Morgan fingerprint density at radius 3 is 2.26 bits per heavy atom. The summed E-state index contributed by atoms with van der Waals surface area (Å²) in [5.74, 6) is -2.96. The normalized spacial score (nSPS) is 15.7. The molecule has 2 aromatic rings. The fourth-order valence-electron chi connectivity index (χ4n) is 4.17. The maximum atomic E-state index is 13.2. The van der Waals surface area contributed by atoms with E-state index in [0.29, 0.717) is 26.1 Å². The number of hydrogen-bond acceptors (Lipinski definition) is 3. The number of hydrazine groups is 1. The van der Waals surface area contributed by atoms with Gasteiger partial charge in [0.05, 0.1) is 18.4 Å². The molecule has 1 heterocycles. The van der Waals surface area contributed by atoms with Gasteiger partial charge in [-0.15, -0.1) is 0 Å². The Labute approximate surface area is 201 Å². The predicted octanol–water partition coefficient (Wildman–Crippen LogP) is 4.42. The van der Waals surface area contributed by atoms with Gasteiger partial charge in [0.2, 0.25) is 5.91 Å². The highest BCUT2D eigenvalue weighted by molar-refractivity contribution is 5.87. The second kappa shape index (κ2) is 12.0. The second-order valence-electron chi connectivity index (χ2n) is 9.05. The number of benzene rings is 2. The predicted molar refractivity (Wildman–Crippen MR) is 131 cm³/mol. The highest BCUT2D eigenvalue weighted by Gasteiger charge is 2.37. The molecule has 34 heavy (non-hydrogen) atoms. The summed E-state index contributed by atoms with van der Waals surface area (Å²) < 4.78 is 0. The Kier molecular flexibility index (Phi) is 8.85. The maximum Gasteiger partial charge on any atom is 0.339 e. The Morgan fingerprint density at radius 1 is 1.00 bits per heavy atom. The van der Waals surface area contributed by atoms with Crippen LogP contribution in [0.15, 0.2) is 66.7 Å². The molecule has 2 atom stereocenters. The lowest BCUT2D eigenvalue weighted by atomic mass is 9.82. The molecule has 1 saturated heterocycles. The number of nitrogens with zero attached hydrogens (tertiary/aromatic N) is 2. The number of hydrogen-bond donors (Lipinski definition) is 2. The van der Waals surface area contributed by atoms with Gasteiger partial charge in [0.1, 0.15) is 0 Å². The fourth-order valence-corrected chi connectivity index (χ4v) is 4.17. The highest BCUT2D eigenvalue weighted by Crippen LogP contribution is 2.26. The number of amides is 3. The molecule has 2 N–H and O–H groups in total. The molecule has 1 aliphatic heterocycles. The van der Waals surface area contributed by atoms with Gasteiger partial charge < -0.3 is 10.0 Å². The Balaban J connectivity index is 1.66. The molecule has 3 amide bonds. The maximum absolute atomic E-state index is 13.2. The standard InChI is InChI=1S/C27H33N3O4/c1-20(2)18-24(23(26(32)33)15-9-14-21-10-5-3-6-11-21)25(31)28-30-17-16-29(27(30)34)19-22-12-7-4-8-13-22/h3-14,20,23-24H,15-19H2,1-2H3,(H,28,31)(H,32,33)/b14-9+/t23-,24+/m0/s1. The summed E-state index contributed by atoms with van der Waals surface area (Å²) in [6, 6.07) is 19.0. The Morgan fingerprint density at radius 2 is 1.65 bits per heavy atom. The minimum Gasteiger partial charge on any atom is -0.481 e. The average molecular weight is 464 g/mol. The van der Waals surface area contributed by atoms with E-state index in [1.54, 1.807) is 11.0 Å². The fraction of sp³-hybridized carbons (Fsp3) is 0.370. The summed E-state index contributed by atoms with van der Waals surface area (Å²) >= 11 is 0. The van der Waals surface area contributed by atoms with Crippen LogP contribution >= 0.6 is 0 Å². The second-order valence-corrected chi connectivity index (χ2v) is 9.05. The first-order valence-electron chi connectivity index (χ1n) is 11.7. The van der Waals surface area contributed by atoms with Crippen LogP contribution in [0.5, 0.6) is 0 Å². The zero-order valence-electron chi connectivity index (χ0n) is 19.8. The van der Waals surface area contributed by atoms with Gasteiger partial charge in [-0.25, -0.2) is 9.80 Å². The van der Waals surface area contributed by atoms with Crippen molar-refractivity contribution in [3.63, 3.8) is 0 Å². The number of rotatable bonds is 11. The molecule has 3 rings (SSSR count). The van der Waals surface area contributed by atoms with E-state index in [9.17, 15) is 19.5 Å². The Hall–Kier alpha value is -3.61. The summed E-state index contributed by atoms with van der Waals surface area (Å²) in [7, 11) is 0. The van der Waals surface area contributed by atoms with Crippen LogP contribution in [0.25, 0.3) is 6.08 Å². The molecular weight excluding hydrogens is 430 g/mol. The molecule has 2 aromatic carbocycles. The lowest BCUT2D eigenvalue weighted by Gasteiger charge is -2.27. The van der Waals surface area contributed by atoms with Crippen LogP contribution in [0.1, 0.15) is 37.8 Å². The largest absolute Gasteiger partial charge is 0.481 e. The Bertz CT molecular complexity index is 991. The van der Waals surface area contributed by atoms with Crippen molar-refractivity contribution in [2.75, 3.05) is 13.1 Å². The van der Waals surface area contributed by atoms with Crippen LogP contribution in [0.3, 0.4) is 0 Å². The lowest BCUT2D eigenvalue weighted by molar-refractivity contribution is -0.148. The van der Waals surface area contributed by atoms with Gasteiger partial charge in [-0.05, 0) is 29.9 Å². The van der Waals surface area contributed by atoms with Crippen molar-refractivity contribution in [1.29, 1.82) is 0 Å². The van der Waals surface area contributed by atoms with Crippen molar-refractivity contribution in [2.45, 2.75) is 33.2 Å². The third-order valence-electron chi connectivity index (χ3n) is 5.92. The highest BCUT2D eigenvalue weighted by atomic mass is 16.4. The van der Waals surface area contributed by atoms with E-state index in [0.717, 1.165) is 11.1 Å². The molecule has 0 saturated carbocycles. The van der Waals surface area contributed by atoms with Crippen molar-refractivity contribution in [1.82, 2.24) is 15.3 Å². The molecule has 0 aliphatic carbocycles. The minimum absolute atomic E-state index is 0.125. The number of carbonyl (C=O) groups is 3. The third kappa shape index (κ3) is 6.94. The number of carboxylic acids is 1. The molecule has 0 unspecified atom stereocenters. The van der Waals surface area contributed by atoms with E-state index in [1.165, 1.54) is 5.01 Å². The molecule has 180 valence electrons. The van der Waals surface area contributed by atoms with Gasteiger partial charge in [0, 0.05) is 13.1 Å². The van der Waals surface area contributed by atoms with Crippen LogP contribution < -0.4 is 5.43 Å². The van der Waals surface area contributed by atoms with Gasteiger partial charge in [-0.2, -0.15) is 0 Å². The van der Waals surface area contributed by atoms with Crippen molar-refractivity contribution in [3.8, 4) is 0 Å². The number of carboxylic acid groups (broad SMARTS) is 1. The lowest BCUT2D eigenvalue weighted by Crippen LogP contribution is -2.49. The van der Waals surface area contributed by atoms with Crippen molar-refractivity contribution >= 4 is 24.0 Å². The quantitative estimate of drug-likeness (QED) is 0.516. The molecule has 0 bridgehead atoms. The van der Waals surface area contributed by atoms with Crippen molar-refractivity contribution < 1.29 is 19.5 Å². The molecule has 0 aromatic heterocycles. The van der Waals surface area contributed by atoms with E-state index in [4.69, 9.17) is 0 Å². The molecular formula is C27H33N3O4. The molecule has 1 aliphatic rings. The molecule has 1 fully saturated rings. The van der Waals surface area contributed by atoms with Crippen molar-refractivity contribution in [3.05, 3.63) is 77.9 Å². The van der Waals surface area contributed by atoms with Gasteiger partial charge in [-0.1, -0.05) is 86.7 Å². The first-order chi connectivity index (χ1) is 16.3. The molecule has 7 nitrogen and oxygen atoms in total. The zero-order chi connectivity index (χ0) is 24.5. The summed E-state index contributed by atoms with van der Waals surface area (Å²) in [6.07, 6.45) is 4.31. The number of carbonyl (C=O) groups excluding carboxylic acids is 2. The van der Waals surface area contributed by atoms with Crippen LogP contribution in [-0.2, 0) is 16.1 Å². The van der Waals surface area contributed by atoms with E-state index in [-0.39, 0.29) is 18.4 Å². The third-order valence-corrected chi connectivity index (χ3v) is 5.92. The van der Waals surface area contributed by atoms with E-state index < -0.39 is 23.7 Å². The summed E-state index contributed by atoms with van der Waals surface area (Å²) in [5, 5.41) is 11.2. The molecule has 0 radical (unpaired) electrons. The minimum atomic E-state index is -1.02. The number of allylic oxidation sites excluding steroid dienone is 1. The zero-order valence-corrected chi connectivity index (χ0v) is 19.8. The number of urea groups is 1. The molecule has 0 spiro atoms. The van der Waals surface area contributed by atoms with E-state index in [2.05, 4.69) is 5.43 Å². The SMILES string of the molecule is CC(C)C[C@@H](C(=O)NN1CCN(Cc2ccccc2)C1=O)[C@H](C/C=C/c1ccccc1)C(=O)O. The van der Waals surface area contributed by atoms with Gasteiger partial charge in [0.25, 0.3) is 0 Å². The number of nitrogens with one attached hydrogen (secondary N) is 1. The van der Waals surface area contributed by atoms with E-state index in [1.807, 2.05) is 80.6 Å². The summed E-state index contributed by atoms with van der Waals surface area (Å²) in [4.78, 5) is 39.8. The van der Waals surface area contributed by atoms with E-state index >= 15 is 0 Å². The first kappa shape index (κ1) is 25.0. The monoisotopic (exact) mass is 463 g/mol. The van der Waals surface area contributed by atoms with Crippen LogP contribution in [-0.4, -0.2) is 46.0 Å². The van der Waals surface area contributed by atoms with Crippen LogP contribution in [0.2, 0.25) is 0 Å². The van der Waals surface area contributed by atoms with Gasteiger partial charge in [-0.3, -0.25) is 15.0 Å². The summed E-state index contributed by atoms with van der Waals surface area (Å²) in [6.45, 7) is 5.23.